The molecule has 1 heterocycles. The minimum absolute atomic E-state index is 0.107. The third kappa shape index (κ3) is 2.73. The number of hydrogen-bond acceptors (Lipinski definition) is 3. The van der Waals surface area contributed by atoms with Crippen molar-refractivity contribution in [3.05, 3.63) is 29.8 Å². The highest BCUT2D eigenvalue weighted by Gasteiger charge is 2.19. The first-order chi connectivity index (χ1) is 7.75. The van der Waals surface area contributed by atoms with Crippen molar-refractivity contribution in [2.24, 2.45) is 0 Å². The van der Waals surface area contributed by atoms with Crippen LogP contribution < -0.4 is 5.32 Å². The Bertz CT molecular complexity index is 372. The summed E-state index contributed by atoms with van der Waals surface area (Å²) in [5, 5.41) is 2.72. The maximum Gasteiger partial charge on any atom is 0.411 e. The van der Waals surface area contributed by atoms with Crippen LogP contribution in [-0.2, 0) is 9.47 Å². The lowest BCUT2D eigenvalue weighted by atomic mass is 10.2. The monoisotopic (exact) mass is 221 g/mol. The van der Waals surface area contributed by atoms with Gasteiger partial charge in [0.05, 0.1) is 13.2 Å². The number of benzene rings is 1. The minimum atomic E-state index is -0.412. The van der Waals surface area contributed by atoms with Crippen LogP contribution in [0.25, 0.3) is 0 Å². The van der Waals surface area contributed by atoms with E-state index in [0.29, 0.717) is 13.2 Å². The van der Waals surface area contributed by atoms with Crippen LogP contribution in [-0.4, -0.2) is 25.4 Å². The van der Waals surface area contributed by atoms with E-state index in [1.54, 1.807) is 0 Å². The van der Waals surface area contributed by atoms with Gasteiger partial charge in [0, 0.05) is 12.1 Å². The van der Waals surface area contributed by atoms with E-state index in [0.717, 1.165) is 17.7 Å². The molecule has 16 heavy (non-hydrogen) atoms. The maximum absolute atomic E-state index is 11.5. The average Bonchev–Trinajstić information content (AvgIpc) is 2.74. The number of amides is 1. The summed E-state index contributed by atoms with van der Waals surface area (Å²) < 4.78 is 10.3. The van der Waals surface area contributed by atoms with Crippen molar-refractivity contribution in [3.8, 4) is 0 Å². The quantitative estimate of drug-likeness (QED) is 0.833. The highest BCUT2D eigenvalue weighted by Crippen LogP contribution is 2.15. The molecule has 4 heteroatoms. The Morgan fingerprint density at radius 3 is 3.00 bits per heavy atom. The van der Waals surface area contributed by atoms with Gasteiger partial charge in [0.1, 0.15) is 6.10 Å². The molecule has 0 radical (unpaired) electrons. The van der Waals surface area contributed by atoms with Crippen molar-refractivity contribution < 1.29 is 14.3 Å². The lowest BCUT2D eigenvalue weighted by Gasteiger charge is -2.12. The zero-order valence-corrected chi connectivity index (χ0v) is 9.23. The van der Waals surface area contributed by atoms with Crippen molar-refractivity contribution in [1.29, 1.82) is 0 Å². The van der Waals surface area contributed by atoms with Gasteiger partial charge in [0.25, 0.3) is 0 Å². The number of carbonyl (C=O) groups excluding carboxylic acids is 1. The SMILES string of the molecule is Cc1ccccc1NC(=O)OC1CCOC1. The Morgan fingerprint density at radius 1 is 1.50 bits per heavy atom. The second-order valence-corrected chi connectivity index (χ2v) is 3.83. The van der Waals surface area contributed by atoms with Gasteiger partial charge in [-0.15, -0.1) is 0 Å². The summed E-state index contributed by atoms with van der Waals surface area (Å²) in [6, 6.07) is 7.59. The average molecular weight is 221 g/mol. The van der Waals surface area contributed by atoms with Crippen molar-refractivity contribution in [2.75, 3.05) is 18.5 Å². The second-order valence-electron chi connectivity index (χ2n) is 3.83. The number of ether oxygens (including phenoxy) is 2. The fraction of sp³-hybridized carbons (Fsp3) is 0.417. The number of nitrogens with one attached hydrogen (secondary N) is 1. The molecule has 2 rings (SSSR count). The highest BCUT2D eigenvalue weighted by atomic mass is 16.6. The molecule has 1 fully saturated rings. The van der Waals surface area contributed by atoms with Crippen LogP contribution in [0.2, 0.25) is 0 Å². The maximum atomic E-state index is 11.5. The number of rotatable bonds is 2. The van der Waals surface area contributed by atoms with E-state index in [1.165, 1.54) is 0 Å². The van der Waals surface area contributed by atoms with Gasteiger partial charge in [-0.25, -0.2) is 4.79 Å². The van der Waals surface area contributed by atoms with Crippen LogP contribution in [0.5, 0.6) is 0 Å². The van der Waals surface area contributed by atoms with Crippen molar-refractivity contribution >= 4 is 11.8 Å². The first kappa shape index (κ1) is 11.0. The van der Waals surface area contributed by atoms with Gasteiger partial charge < -0.3 is 9.47 Å². The van der Waals surface area contributed by atoms with Gasteiger partial charge in [-0.2, -0.15) is 0 Å². The summed E-state index contributed by atoms with van der Waals surface area (Å²) in [4.78, 5) is 11.5. The molecule has 0 saturated carbocycles. The zero-order valence-electron chi connectivity index (χ0n) is 9.23. The van der Waals surface area contributed by atoms with E-state index in [-0.39, 0.29) is 6.10 Å². The molecule has 0 spiro atoms. The third-order valence-corrected chi connectivity index (χ3v) is 2.54. The lowest BCUT2D eigenvalue weighted by molar-refractivity contribution is 0.0932. The van der Waals surface area contributed by atoms with Crippen LogP contribution in [0.4, 0.5) is 10.5 Å². The molecule has 1 amide bonds. The Morgan fingerprint density at radius 2 is 2.31 bits per heavy atom. The van der Waals surface area contributed by atoms with Crippen LogP contribution in [0.3, 0.4) is 0 Å². The molecule has 1 unspecified atom stereocenters. The predicted octanol–water partition coefficient (Wildman–Crippen LogP) is 2.33. The summed E-state index contributed by atoms with van der Waals surface area (Å²) in [7, 11) is 0. The number of para-hydroxylation sites is 1. The Balaban J connectivity index is 1.89. The molecular weight excluding hydrogens is 206 g/mol. The van der Waals surface area contributed by atoms with Gasteiger partial charge in [0.2, 0.25) is 0 Å². The summed E-state index contributed by atoms with van der Waals surface area (Å²) in [5.74, 6) is 0. The molecule has 86 valence electrons. The Kier molecular flexibility index (Phi) is 3.41. The first-order valence-corrected chi connectivity index (χ1v) is 5.37. The molecule has 1 atom stereocenters. The molecular formula is C12H15NO3. The number of aryl methyl sites for hydroxylation is 1. The normalized spacial score (nSPS) is 19.4. The van der Waals surface area contributed by atoms with E-state index in [1.807, 2.05) is 31.2 Å². The standard InChI is InChI=1S/C12H15NO3/c1-9-4-2-3-5-11(9)13-12(14)16-10-6-7-15-8-10/h2-5,10H,6-8H2,1H3,(H,13,14). The van der Waals surface area contributed by atoms with Crippen molar-refractivity contribution in [2.45, 2.75) is 19.4 Å². The fourth-order valence-electron chi connectivity index (χ4n) is 1.61. The highest BCUT2D eigenvalue weighted by molar-refractivity contribution is 5.85. The molecule has 1 N–H and O–H groups in total. The van der Waals surface area contributed by atoms with E-state index in [4.69, 9.17) is 9.47 Å². The largest absolute Gasteiger partial charge is 0.443 e. The molecule has 4 nitrogen and oxygen atoms in total. The summed E-state index contributed by atoms with van der Waals surface area (Å²) >= 11 is 0. The van der Waals surface area contributed by atoms with E-state index >= 15 is 0 Å². The van der Waals surface area contributed by atoms with Crippen molar-refractivity contribution in [3.63, 3.8) is 0 Å². The number of carbonyl (C=O) groups is 1. The molecule has 1 saturated heterocycles. The smallest absolute Gasteiger partial charge is 0.411 e. The van der Waals surface area contributed by atoms with Crippen LogP contribution in [0.1, 0.15) is 12.0 Å². The molecule has 1 aromatic carbocycles. The van der Waals surface area contributed by atoms with Crippen molar-refractivity contribution in [1.82, 2.24) is 0 Å². The third-order valence-electron chi connectivity index (χ3n) is 2.54. The molecule has 0 aliphatic carbocycles. The summed E-state index contributed by atoms with van der Waals surface area (Å²) in [5.41, 5.74) is 1.80. The fourth-order valence-corrected chi connectivity index (χ4v) is 1.61. The number of anilines is 1. The molecule has 0 bridgehead atoms. The van der Waals surface area contributed by atoms with Crippen LogP contribution in [0, 0.1) is 6.92 Å². The minimum Gasteiger partial charge on any atom is -0.443 e. The Hall–Kier alpha value is -1.55. The van der Waals surface area contributed by atoms with Gasteiger partial charge in [0.15, 0.2) is 0 Å². The molecule has 1 aliphatic heterocycles. The number of hydrogen-bond donors (Lipinski definition) is 1. The summed E-state index contributed by atoms with van der Waals surface area (Å²) in [6.45, 7) is 3.11. The van der Waals surface area contributed by atoms with Gasteiger partial charge in [-0.3, -0.25) is 5.32 Å². The molecule has 0 aromatic heterocycles. The Labute approximate surface area is 94.6 Å². The van der Waals surface area contributed by atoms with Gasteiger partial charge in [-0.1, -0.05) is 18.2 Å². The summed E-state index contributed by atoms with van der Waals surface area (Å²) in [6.07, 6.45) is 0.259. The second kappa shape index (κ2) is 4.99. The molecule has 1 aromatic rings. The molecule has 1 aliphatic rings. The van der Waals surface area contributed by atoms with Crippen LogP contribution in [0.15, 0.2) is 24.3 Å². The topological polar surface area (TPSA) is 47.6 Å². The van der Waals surface area contributed by atoms with Gasteiger partial charge in [-0.05, 0) is 18.6 Å². The van der Waals surface area contributed by atoms with E-state index in [2.05, 4.69) is 5.32 Å². The lowest BCUT2D eigenvalue weighted by Crippen LogP contribution is -2.22. The zero-order chi connectivity index (χ0) is 11.4. The van der Waals surface area contributed by atoms with E-state index in [9.17, 15) is 4.79 Å². The predicted molar refractivity (Wildman–Crippen MR) is 60.5 cm³/mol. The van der Waals surface area contributed by atoms with Gasteiger partial charge >= 0.3 is 6.09 Å². The van der Waals surface area contributed by atoms with Crippen LogP contribution >= 0.6 is 0 Å². The van der Waals surface area contributed by atoms with E-state index < -0.39 is 6.09 Å². The first-order valence-electron chi connectivity index (χ1n) is 5.37.